The molecule has 6 nitrogen and oxygen atoms in total. The van der Waals surface area contributed by atoms with Gasteiger partial charge in [-0.05, 0) is 57.1 Å². The predicted molar refractivity (Wildman–Crippen MR) is 112 cm³/mol. The average molecular weight is 426 g/mol. The van der Waals surface area contributed by atoms with Crippen molar-refractivity contribution in [2.75, 3.05) is 13.1 Å². The molecule has 1 aromatic rings. The van der Waals surface area contributed by atoms with Crippen molar-refractivity contribution >= 4 is 13.1 Å². The van der Waals surface area contributed by atoms with E-state index in [1.807, 2.05) is 0 Å². The van der Waals surface area contributed by atoms with Crippen LogP contribution in [0.1, 0.15) is 69.0 Å². The van der Waals surface area contributed by atoms with Crippen LogP contribution in [0.15, 0.2) is 24.3 Å². The van der Waals surface area contributed by atoms with Gasteiger partial charge in [0.25, 0.3) is 5.92 Å². The lowest BCUT2D eigenvalue weighted by atomic mass is 9.81. The number of carboxylic acids is 1. The molecular weight excluding hydrogens is 393 g/mol. The van der Waals surface area contributed by atoms with Crippen LogP contribution in [0.5, 0.6) is 0 Å². The third kappa shape index (κ3) is 6.73. The van der Waals surface area contributed by atoms with Crippen LogP contribution >= 0.6 is 0 Å². The van der Waals surface area contributed by atoms with Gasteiger partial charge in [-0.15, -0.1) is 0 Å². The summed E-state index contributed by atoms with van der Waals surface area (Å²) in [4.78, 5) is 13.8. The molecule has 2 rings (SSSR count). The van der Waals surface area contributed by atoms with Gasteiger partial charge in [-0.2, -0.15) is 0 Å². The van der Waals surface area contributed by atoms with E-state index >= 15 is 0 Å². The highest BCUT2D eigenvalue weighted by molar-refractivity contribution is 6.40. The molecule has 30 heavy (non-hydrogen) atoms. The minimum absolute atomic E-state index is 0.0479. The zero-order valence-electron chi connectivity index (χ0n) is 17.6. The number of alkyl halides is 2. The van der Waals surface area contributed by atoms with Gasteiger partial charge in [0.2, 0.25) is 0 Å². The quantitative estimate of drug-likeness (QED) is 0.302. The maximum absolute atomic E-state index is 14.1. The number of carboxylic acid groups (broad SMARTS) is 1. The van der Waals surface area contributed by atoms with Gasteiger partial charge in [0.15, 0.2) is 0 Å². The molecule has 0 amide bonds. The molecule has 0 aromatic heterocycles. The van der Waals surface area contributed by atoms with Crippen LogP contribution in [0.25, 0.3) is 0 Å². The topological polar surface area (TPSA) is 107 Å². The number of carbonyl (C=O) groups is 1. The molecule has 0 bridgehead atoms. The zero-order valence-corrected chi connectivity index (χ0v) is 17.6. The van der Waals surface area contributed by atoms with Gasteiger partial charge < -0.3 is 20.9 Å². The second-order valence-electron chi connectivity index (χ2n) is 8.46. The van der Waals surface area contributed by atoms with Crippen molar-refractivity contribution in [2.24, 2.45) is 5.73 Å². The van der Waals surface area contributed by atoms with E-state index in [1.165, 1.54) is 6.07 Å². The molecule has 9 heteroatoms. The van der Waals surface area contributed by atoms with E-state index in [4.69, 9.17) is 15.8 Å². The van der Waals surface area contributed by atoms with Crippen LogP contribution in [0.2, 0.25) is 6.32 Å². The van der Waals surface area contributed by atoms with Crippen molar-refractivity contribution in [2.45, 2.75) is 75.7 Å². The summed E-state index contributed by atoms with van der Waals surface area (Å²) in [5.41, 5.74) is 5.45. The number of likely N-dealkylation sites (tertiary alicyclic amines) is 1. The molecule has 1 fully saturated rings. The number of nitrogens with zero attached hydrogens (tertiary/aromatic N) is 1. The molecule has 2 unspecified atom stereocenters. The minimum Gasteiger partial charge on any atom is -0.480 e. The molecule has 1 saturated heterocycles. The largest absolute Gasteiger partial charge is 0.480 e. The number of hydrogen-bond donors (Lipinski definition) is 4. The molecule has 1 heterocycles. The Morgan fingerprint density at radius 1 is 1.23 bits per heavy atom. The first kappa shape index (κ1) is 24.7. The first-order chi connectivity index (χ1) is 14.0. The summed E-state index contributed by atoms with van der Waals surface area (Å²) >= 11 is 0. The Hall–Kier alpha value is -1.55. The Balaban J connectivity index is 1.97. The molecule has 168 valence electrons. The number of nitrogens with two attached hydrogens (primary N) is 1. The zero-order chi connectivity index (χ0) is 22.4. The second kappa shape index (κ2) is 10.7. The highest BCUT2D eigenvalue weighted by Gasteiger charge is 2.36. The third-order valence-corrected chi connectivity index (χ3v) is 5.99. The average Bonchev–Trinajstić information content (AvgIpc) is 3.12. The predicted octanol–water partition coefficient (Wildman–Crippen LogP) is 3.14. The molecule has 2 atom stereocenters. The summed E-state index contributed by atoms with van der Waals surface area (Å²) in [6.45, 7) is 2.29. The van der Waals surface area contributed by atoms with Crippen LogP contribution in [0.4, 0.5) is 8.78 Å². The number of aliphatic carboxylic acids is 1. The highest BCUT2D eigenvalue weighted by atomic mass is 19.3. The third-order valence-electron chi connectivity index (χ3n) is 5.99. The van der Waals surface area contributed by atoms with Crippen molar-refractivity contribution < 1.29 is 28.7 Å². The summed E-state index contributed by atoms with van der Waals surface area (Å²) in [6, 6.07) is 6.54. The Bertz CT molecular complexity index is 702. The van der Waals surface area contributed by atoms with E-state index in [-0.39, 0.29) is 30.8 Å². The maximum Gasteiger partial charge on any atom is 0.451 e. The number of hydrogen-bond acceptors (Lipinski definition) is 5. The monoisotopic (exact) mass is 426 g/mol. The van der Waals surface area contributed by atoms with Gasteiger partial charge in [0, 0.05) is 18.5 Å². The smallest absolute Gasteiger partial charge is 0.451 e. The molecule has 0 saturated carbocycles. The molecule has 0 spiro atoms. The van der Waals surface area contributed by atoms with E-state index in [1.54, 1.807) is 18.2 Å². The number of unbranched alkanes of at least 4 members (excludes halogenated alkanes) is 1. The molecular formula is C21H33BF2N2O4. The molecule has 0 aliphatic carbocycles. The van der Waals surface area contributed by atoms with Crippen LogP contribution in [-0.4, -0.2) is 51.8 Å². The maximum atomic E-state index is 14.1. The molecule has 1 aromatic carbocycles. The van der Waals surface area contributed by atoms with E-state index in [0.29, 0.717) is 31.4 Å². The van der Waals surface area contributed by atoms with Crippen LogP contribution in [0.3, 0.4) is 0 Å². The van der Waals surface area contributed by atoms with Gasteiger partial charge in [-0.25, -0.2) is 8.78 Å². The van der Waals surface area contributed by atoms with Crippen molar-refractivity contribution in [1.82, 2.24) is 4.90 Å². The molecule has 1 aliphatic rings. The Labute approximate surface area is 177 Å². The fraction of sp³-hybridized carbons (Fsp3) is 0.667. The van der Waals surface area contributed by atoms with Crippen LogP contribution < -0.4 is 5.73 Å². The van der Waals surface area contributed by atoms with Crippen molar-refractivity contribution in [3.8, 4) is 0 Å². The Morgan fingerprint density at radius 3 is 2.53 bits per heavy atom. The normalized spacial score (nSPS) is 19.6. The number of halogens is 2. The molecule has 0 radical (unpaired) electrons. The van der Waals surface area contributed by atoms with Crippen molar-refractivity contribution in [1.29, 1.82) is 0 Å². The summed E-state index contributed by atoms with van der Waals surface area (Å²) in [5.74, 6) is -3.98. The van der Waals surface area contributed by atoms with Gasteiger partial charge >= 0.3 is 13.1 Å². The van der Waals surface area contributed by atoms with Gasteiger partial charge in [0.05, 0.1) is 0 Å². The Kier molecular flexibility index (Phi) is 8.78. The summed E-state index contributed by atoms with van der Waals surface area (Å²) in [5, 5.41) is 27.4. The van der Waals surface area contributed by atoms with E-state index in [2.05, 4.69) is 4.90 Å². The fourth-order valence-electron chi connectivity index (χ4n) is 4.34. The molecule has 1 aliphatic heterocycles. The van der Waals surface area contributed by atoms with E-state index < -0.39 is 24.5 Å². The summed E-state index contributed by atoms with van der Waals surface area (Å²) in [7, 11) is -1.40. The van der Waals surface area contributed by atoms with Crippen LogP contribution in [-0.2, 0) is 10.7 Å². The minimum atomic E-state index is -2.91. The van der Waals surface area contributed by atoms with E-state index in [9.17, 15) is 18.7 Å². The van der Waals surface area contributed by atoms with Gasteiger partial charge in [-0.1, -0.05) is 37.1 Å². The standard InChI is InChI=1S/C21H33BF2N2O4/c1-20(23,24)17-9-3-2-8-16(17)18-10-6-14-26(18)15-7-12-21(25,19(27)28)11-4-5-13-22(29)30/h2-3,8-9,18,29-30H,4-7,10-15,25H2,1H3,(H,27,28). The first-order valence-electron chi connectivity index (χ1n) is 10.6. The summed E-state index contributed by atoms with van der Waals surface area (Å²) in [6.07, 6.45) is 3.95. The fourth-order valence-corrected chi connectivity index (χ4v) is 4.34. The Morgan fingerprint density at radius 2 is 1.90 bits per heavy atom. The van der Waals surface area contributed by atoms with Crippen molar-refractivity contribution in [3.63, 3.8) is 0 Å². The number of rotatable bonds is 12. The lowest BCUT2D eigenvalue weighted by Crippen LogP contribution is -2.48. The van der Waals surface area contributed by atoms with Gasteiger partial charge in [-0.3, -0.25) is 9.69 Å². The SMILES string of the molecule is CC(F)(F)c1ccccc1C1CCCN1CCCC(N)(CCCCB(O)O)C(=O)O. The molecule has 5 N–H and O–H groups in total. The summed E-state index contributed by atoms with van der Waals surface area (Å²) < 4.78 is 28.1. The van der Waals surface area contributed by atoms with Crippen molar-refractivity contribution in [3.05, 3.63) is 35.4 Å². The van der Waals surface area contributed by atoms with Crippen LogP contribution in [0, 0.1) is 0 Å². The van der Waals surface area contributed by atoms with E-state index in [0.717, 1.165) is 26.3 Å². The lowest BCUT2D eigenvalue weighted by molar-refractivity contribution is -0.144. The second-order valence-corrected chi connectivity index (χ2v) is 8.46. The lowest BCUT2D eigenvalue weighted by Gasteiger charge is -2.30. The number of benzene rings is 1. The first-order valence-corrected chi connectivity index (χ1v) is 10.6. The van der Waals surface area contributed by atoms with Gasteiger partial charge in [0.1, 0.15) is 5.54 Å². The highest BCUT2D eigenvalue weighted by Crippen LogP contribution is 2.39.